The van der Waals surface area contributed by atoms with Gasteiger partial charge in [-0.05, 0) is 24.3 Å². The Hall–Kier alpha value is -1.77. The second-order valence-corrected chi connectivity index (χ2v) is 2.67. The van der Waals surface area contributed by atoms with Crippen molar-refractivity contribution in [1.29, 1.82) is 0 Å². The number of nitrogens with zero attached hydrogens (tertiary/aromatic N) is 1. The zero-order valence-electron chi connectivity index (χ0n) is 7.32. The standard InChI is InChI=1S/C10H10N2O/c1-13-8-4-5-10(12-7-8)9-3-2-6-11-9/h2-7,11H,1H3. The number of nitrogens with one attached hydrogen (secondary N) is 1. The van der Waals surface area contributed by atoms with E-state index in [9.17, 15) is 0 Å². The van der Waals surface area contributed by atoms with Crippen molar-refractivity contribution < 1.29 is 4.74 Å². The van der Waals surface area contributed by atoms with Crippen LogP contribution >= 0.6 is 0 Å². The monoisotopic (exact) mass is 174 g/mol. The van der Waals surface area contributed by atoms with E-state index in [0.717, 1.165) is 17.1 Å². The third-order valence-electron chi connectivity index (χ3n) is 1.85. The molecule has 0 spiro atoms. The molecule has 0 radical (unpaired) electrons. The van der Waals surface area contributed by atoms with Crippen LogP contribution in [0.2, 0.25) is 0 Å². The Balaban J connectivity index is 2.33. The van der Waals surface area contributed by atoms with E-state index in [4.69, 9.17) is 4.74 Å². The largest absolute Gasteiger partial charge is 0.495 e. The Labute approximate surface area is 76.4 Å². The van der Waals surface area contributed by atoms with Gasteiger partial charge in [0, 0.05) is 6.20 Å². The maximum atomic E-state index is 5.01. The number of rotatable bonds is 2. The van der Waals surface area contributed by atoms with Crippen molar-refractivity contribution >= 4 is 0 Å². The van der Waals surface area contributed by atoms with Gasteiger partial charge in [0.2, 0.25) is 0 Å². The van der Waals surface area contributed by atoms with Crippen LogP contribution in [0.4, 0.5) is 0 Å². The minimum atomic E-state index is 0.773. The average molecular weight is 174 g/mol. The molecular formula is C10H10N2O. The first-order chi connectivity index (χ1) is 6.40. The van der Waals surface area contributed by atoms with Crippen LogP contribution in [0.3, 0.4) is 0 Å². The van der Waals surface area contributed by atoms with Gasteiger partial charge in [0.15, 0.2) is 0 Å². The number of ether oxygens (including phenoxy) is 1. The molecule has 0 aliphatic heterocycles. The molecule has 0 aliphatic rings. The van der Waals surface area contributed by atoms with Crippen molar-refractivity contribution in [3.8, 4) is 17.1 Å². The molecule has 0 bridgehead atoms. The highest BCUT2D eigenvalue weighted by Gasteiger charge is 1.98. The first-order valence-electron chi connectivity index (χ1n) is 4.04. The minimum Gasteiger partial charge on any atom is -0.495 e. The Morgan fingerprint density at radius 2 is 2.23 bits per heavy atom. The van der Waals surface area contributed by atoms with Crippen molar-refractivity contribution in [2.45, 2.75) is 0 Å². The lowest BCUT2D eigenvalue weighted by Crippen LogP contribution is -1.86. The van der Waals surface area contributed by atoms with Crippen LogP contribution < -0.4 is 4.74 Å². The van der Waals surface area contributed by atoms with Crippen molar-refractivity contribution in [3.05, 3.63) is 36.7 Å². The van der Waals surface area contributed by atoms with E-state index in [1.807, 2.05) is 30.5 Å². The van der Waals surface area contributed by atoms with Gasteiger partial charge in [-0.2, -0.15) is 0 Å². The van der Waals surface area contributed by atoms with Gasteiger partial charge in [0.05, 0.1) is 24.7 Å². The van der Waals surface area contributed by atoms with E-state index in [-0.39, 0.29) is 0 Å². The predicted octanol–water partition coefficient (Wildman–Crippen LogP) is 2.09. The topological polar surface area (TPSA) is 37.9 Å². The Morgan fingerprint density at radius 1 is 1.31 bits per heavy atom. The number of H-pyrrole nitrogens is 1. The van der Waals surface area contributed by atoms with Gasteiger partial charge in [0.25, 0.3) is 0 Å². The van der Waals surface area contributed by atoms with E-state index in [2.05, 4.69) is 9.97 Å². The fourth-order valence-electron chi connectivity index (χ4n) is 1.15. The molecule has 0 fully saturated rings. The van der Waals surface area contributed by atoms with Crippen molar-refractivity contribution in [3.63, 3.8) is 0 Å². The summed E-state index contributed by atoms with van der Waals surface area (Å²) < 4.78 is 5.01. The molecule has 0 saturated heterocycles. The molecule has 0 saturated carbocycles. The zero-order chi connectivity index (χ0) is 9.10. The van der Waals surface area contributed by atoms with Gasteiger partial charge >= 0.3 is 0 Å². The Morgan fingerprint density at radius 3 is 2.77 bits per heavy atom. The average Bonchev–Trinajstić information content (AvgIpc) is 2.71. The van der Waals surface area contributed by atoms with Gasteiger partial charge in [-0.15, -0.1) is 0 Å². The van der Waals surface area contributed by atoms with Gasteiger partial charge in [-0.25, -0.2) is 0 Å². The summed E-state index contributed by atoms with van der Waals surface area (Å²) in [5.41, 5.74) is 1.94. The zero-order valence-corrected chi connectivity index (χ0v) is 7.32. The van der Waals surface area contributed by atoms with E-state index >= 15 is 0 Å². The molecule has 13 heavy (non-hydrogen) atoms. The molecule has 2 aromatic heterocycles. The molecule has 3 heteroatoms. The van der Waals surface area contributed by atoms with Crippen LogP contribution in [0.1, 0.15) is 0 Å². The normalized spacial score (nSPS) is 9.92. The molecule has 2 heterocycles. The highest BCUT2D eigenvalue weighted by Crippen LogP contribution is 2.16. The van der Waals surface area contributed by atoms with Crippen LogP contribution in [0.5, 0.6) is 5.75 Å². The summed E-state index contributed by atoms with van der Waals surface area (Å²) >= 11 is 0. The summed E-state index contributed by atoms with van der Waals surface area (Å²) in [5, 5.41) is 0. The maximum absolute atomic E-state index is 5.01. The van der Waals surface area contributed by atoms with Crippen molar-refractivity contribution in [2.24, 2.45) is 0 Å². The van der Waals surface area contributed by atoms with Crippen molar-refractivity contribution in [2.75, 3.05) is 7.11 Å². The number of pyridine rings is 1. The lowest BCUT2D eigenvalue weighted by Gasteiger charge is -1.99. The number of hydrogen-bond donors (Lipinski definition) is 1. The Kier molecular flexibility index (Phi) is 2.00. The summed E-state index contributed by atoms with van der Waals surface area (Å²) in [4.78, 5) is 7.32. The predicted molar refractivity (Wildman–Crippen MR) is 50.6 cm³/mol. The first-order valence-corrected chi connectivity index (χ1v) is 4.04. The van der Waals surface area contributed by atoms with Crippen molar-refractivity contribution in [1.82, 2.24) is 9.97 Å². The van der Waals surface area contributed by atoms with Gasteiger partial charge < -0.3 is 9.72 Å². The Bertz CT molecular complexity index is 364. The molecule has 0 atom stereocenters. The lowest BCUT2D eigenvalue weighted by atomic mass is 10.3. The first kappa shape index (κ1) is 7.86. The van der Waals surface area contributed by atoms with Gasteiger partial charge in [-0.1, -0.05) is 0 Å². The highest BCUT2D eigenvalue weighted by atomic mass is 16.5. The maximum Gasteiger partial charge on any atom is 0.137 e. The molecule has 0 unspecified atom stereocenters. The summed E-state index contributed by atoms with van der Waals surface area (Å²) in [6.45, 7) is 0. The molecule has 3 nitrogen and oxygen atoms in total. The molecule has 66 valence electrons. The number of aromatic nitrogens is 2. The number of hydrogen-bond acceptors (Lipinski definition) is 2. The summed E-state index contributed by atoms with van der Waals surface area (Å²) in [6.07, 6.45) is 3.58. The van der Waals surface area contributed by atoms with Gasteiger partial charge in [-0.3, -0.25) is 4.98 Å². The van der Waals surface area contributed by atoms with Crippen LogP contribution in [0.15, 0.2) is 36.7 Å². The van der Waals surface area contributed by atoms with Crippen LogP contribution in [0.25, 0.3) is 11.4 Å². The van der Waals surface area contributed by atoms with E-state index in [1.165, 1.54) is 0 Å². The summed E-state index contributed by atoms with van der Waals surface area (Å²) in [5.74, 6) is 0.773. The molecular weight excluding hydrogens is 164 g/mol. The molecule has 0 amide bonds. The molecule has 1 N–H and O–H groups in total. The lowest BCUT2D eigenvalue weighted by molar-refractivity contribution is 0.413. The third kappa shape index (κ3) is 1.54. The van der Waals surface area contributed by atoms with Crippen LogP contribution in [-0.2, 0) is 0 Å². The molecule has 0 aromatic carbocycles. The fraction of sp³-hybridized carbons (Fsp3) is 0.100. The van der Waals surface area contributed by atoms with E-state index < -0.39 is 0 Å². The van der Waals surface area contributed by atoms with E-state index in [0.29, 0.717) is 0 Å². The molecule has 0 aliphatic carbocycles. The van der Waals surface area contributed by atoms with Crippen LogP contribution in [0, 0.1) is 0 Å². The SMILES string of the molecule is COc1ccc(-c2ccc[nH]2)nc1. The van der Waals surface area contributed by atoms with Gasteiger partial charge in [0.1, 0.15) is 5.75 Å². The number of methoxy groups -OCH3 is 1. The van der Waals surface area contributed by atoms with E-state index in [1.54, 1.807) is 13.3 Å². The number of aromatic amines is 1. The summed E-state index contributed by atoms with van der Waals surface area (Å²) in [7, 11) is 1.63. The fourth-order valence-corrected chi connectivity index (χ4v) is 1.15. The quantitative estimate of drug-likeness (QED) is 0.756. The second kappa shape index (κ2) is 3.31. The summed E-state index contributed by atoms with van der Waals surface area (Å²) in [6, 6.07) is 7.74. The molecule has 2 aromatic rings. The smallest absolute Gasteiger partial charge is 0.137 e. The second-order valence-electron chi connectivity index (χ2n) is 2.67. The highest BCUT2D eigenvalue weighted by molar-refractivity contribution is 5.54. The molecule has 2 rings (SSSR count). The third-order valence-corrected chi connectivity index (χ3v) is 1.85. The minimum absolute atomic E-state index is 0.773. The van der Waals surface area contributed by atoms with Crippen LogP contribution in [-0.4, -0.2) is 17.1 Å².